The normalized spacial score (nSPS) is 20.4. The van der Waals surface area contributed by atoms with E-state index in [0.717, 1.165) is 62.9 Å². The van der Waals surface area contributed by atoms with E-state index in [4.69, 9.17) is 0 Å². The molecule has 1 aromatic carbocycles. The zero-order chi connectivity index (χ0) is 21.3. The average Bonchev–Trinajstić information content (AvgIpc) is 3.47. The van der Waals surface area contributed by atoms with Crippen LogP contribution in [0.3, 0.4) is 0 Å². The lowest BCUT2D eigenvalue weighted by molar-refractivity contribution is -0.123. The van der Waals surface area contributed by atoms with Gasteiger partial charge >= 0.3 is 6.03 Å². The van der Waals surface area contributed by atoms with Crippen LogP contribution < -0.4 is 14.9 Å². The predicted octanol–water partition coefficient (Wildman–Crippen LogP) is 1.99. The zero-order valence-corrected chi connectivity index (χ0v) is 18.2. The first kappa shape index (κ1) is 21.1. The number of amides is 3. The van der Waals surface area contributed by atoms with Crippen molar-refractivity contribution in [2.75, 3.05) is 24.5 Å². The summed E-state index contributed by atoms with van der Waals surface area (Å²) in [5.74, 6) is -0.297. The molecular formula is C21H30N4O4S. The van der Waals surface area contributed by atoms with E-state index in [1.165, 1.54) is 6.07 Å². The average molecular weight is 435 g/mol. The van der Waals surface area contributed by atoms with Crippen molar-refractivity contribution in [2.45, 2.75) is 68.8 Å². The van der Waals surface area contributed by atoms with Gasteiger partial charge in [-0.05, 0) is 62.8 Å². The third kappa shape index (κ3) is 4.32. The maximum absolute atomic E-state index is 12.8. The van der Waals surface area contributed by atoms with Gasteiger partial charge in [-0.15, -0.1) is 0 Å². The summed E-state index contributed by atoms with van der Waals surface area (Å²) in [5.41, 5.74) is 1.62. The molecule has 2 aliphatic heterocycles. The van der Waals surface area contributed by atoms with Crippen LogP contribution in [0.5, 0.6) is 0 Å². The molecule has 0 radical (unpaired) electrons. The quantitative estimate of drug-likeness (QED) is 0.740. The SMILES string of the molecule is C[C@@H](NS(=O)(=O)c1ccc2c(c1)CCN2C(=O)N1CCCC1)C(=O)NC1CCCC1. The van der Waals surface area contributed by atoms with Crippen molar-refractivity contribution in [3.05, 3.63) is 23.8 Å². The number of nitrogens with zero attached hydrogens (tertiary/aromatic N) is 2. The van der Waals surface area contributed by atoms with Gasteiger partial charge in [-0.1, -0.05) is 12.8 Å². The van der Waals surface area contributed by atoms with Crippen LogP contribution in [-0.2, 0) is 21.2 Å². The maximum Gasteiger partial charge on any atom is 0.324 e. The van der Waals surface area contributed by atoms with Crippen LogP contribution in [0.1, 0.15) is 51.0 Å². The largest absolute Gasteiger partial charge is 0.352 e. The number of likely N-dealkylation sites (tertiary alicyclic amines) is 1. The molecule has 1 saturated heterocycles. The van der Waals surface area contributed by atoms with Gasteiger partial charge in [0, 0.05) is 31.4 Å². The highest BCUT2D eigenvalue weighted by atomic mass is 32.2. The summed E-state index contributed by atoms with van der Waals surface area (Å²) in [6.07, 6.45) is 6.76. The lowest BCUT2D eigenvalue weighted by atomic mass is 10.2. The third-order valence-electron chi connectivity index (χ3n) is 6.29. The van der Waals surface area contributed by atoms with E-state index in [2.05, 4.69) is 10.0 Å². The Kier molecular flexibility index (Phi) is 6.02. The van der Waals surface area contributed by atoms with Crippen LogP contribution in [0, 0.1) is 0 Å². The Morgan fingerprint density at radius 3 is 2.47 bits per heavy atom. The van der Waals surface area contributed by atoms with Crippen LogP contribution in [0.15, 0.2) is 23.1 Å². The van der Waals surface area contributed by atoms with Crippen molar-refractivity contribution in [2.24, 2.45) is 0 Å². The number of carbonyl (C=O) groups is 2. The molecule has 9 heteroatoms. The van der Waals surface area contributed by atoms with Gasteiger partial charge in [0.05, 0.1) is 10.9 Å². The molecule has 2 N–H and O–H groups in total. The van der Waals surface area contributed by atoms with Crippen LogP contribution in [-0.4, -0.2) is 57.0 Å². The van der Waals surface area contributed by atoms with Crippen molar-refractivity contribution in [1.29, 1.82) is 0 Å². The third-order valence-corrected chi connectivity index (χ3v) is 7.83. The van der Waals surface area contributed by atoms with Gasteiger partial charge in [-0.2, -0.15) is 4.72 Å². The van der Waals surface area contributed by atoms with Crippen LogP contribution in [0.4, 0.5) is 10.5 Å². The van der Waals surface area contributed by atoms with Crippen molar-refractivity contribution >= 4 is 27.6 Å². The molecule has 2 fully saturated rings. The van der Waals surface area contributed by atoms with Gasteiger partial charge in [0.2, 0.25) is 15.9 Å². The van der Waals surface area contributed by atoms with Gasteiger partial charge < -0.3 is 10.2 Å². The highest BCUT2D eigenvalue weighted by Gasteiger charge is 2.31. The Hall–Kier alpha value is -2.13. The molecule has 0 unspecified atom stereocenters. The summed E-state index contributed by atoms with van der Waals surface area (Å²) in [7, 11) is -3.84. The summed E-state index contributed by atoms with van der Waals surface area (Å²) in [5, 5.41) is 2.92. The predicted molar refractivity (Wildman–Crippen MR) is 114 cm³/mol. The molecule has 8 nitrogen and oxygen atoms in total. The Labute approximate surface area is 178 Å². The minimum atomic E-state index is -3.84. The van der Waals surface area contributed by atoms with E-state index in [0.29, 0.717) is 13.0 Å². The van der Waals surface area contributed by atoms with E-state index in [-0.39, 0.29) is 22.9 Å². The molecule has 0 aromatic heterocycles. The lowest BCUT2D eigenvalue weighted by Gasteiger charge is -2.24. The molecule has 1 aliphatic carbocycles. The second-order valence-corrected chi connectivity index (χ2v) is 10.2. The molecule has 2 heterocycles. The number of sulfonamides is 1. The molecule has 1 saturated carbocycles. The summed E-state index contributed by atoms with van der Waals surface area (Å²) >= 11 is 0. The second kappa shape index (κ2) is 8.55. The first-order valence-corrected chi connectivity index (χ1v) is 12.4. The smallest absolute Gasteiger partial charge is 0.324 e. The molecule has 3 aliphatic rings. The number of benzene rings is 1. The zero-order valence-electron chi connectivity index (χ0n) is 17.4. The minimum absolute atomic E-state index is 0.00260. The topological polar surface area (TPSA) is 98.8 Å². The number of fused-ring (bicyclic) bond motifs is 1. The fourth-order valence-electron chi connectivity index (χ4n) is 4.57. The van der Waals surface area contributed by atoms with E-state index in [9.17, 15) is 18.0 Å². The molecular weight excluding hydrogens is 404 g/mol. The maximum atomic E-state index is 12.8. The minimum Gasteiger partial charge on any atom is -0.352 e. The van der Waals surface area contributed by atoms with E-state index < -0.39 is 16.1 Å². The van der Waals surface area contributed by atoms with Crippen molar-refractivity contribution < 1.29 is 18.0 Å². The van der Waals surface area contributed by atoms with E-state index >= 15 is 0 Å². The standard InChI is InChI=1S/C21H30N4O4S/c1-15(20(26)22-17-6-2-3-7-17)23-30(28,29)18-8-9-19-16(14-18)10-13-25(19)21(27)24-11-4-5-12-24/h8-9,14-15,17,23H,2-7,10-13H2,1H3,(H,22,26)/t15-/m1/s1. The Morgan fingerprint density at radius 2 is 1.77 bits per heavy atom. The molecule has 0 bridgehead atoms. The second-order valence-electron chi connectivity index (χ2n) is 8.50. The lowest BCUT2D eigenvalue weighted by Crippen LogP contribution is -2.47. The number of anilines is 1. The Bertz CT molecular complexity index is 921. The molecule has 0 spiro atoms. The highest BCUT2D eigenvalue weighted by Crippen LogP contribution is 2.31. The number of hydrogen-bond acceptors (Lipinski definition) is 4. The molecule has 4 rings (SSSR count). The highest BCUT2D eigenvalue weighted by molar-refractivity contribution is 7.89. The fourth-order valence-corrected chi connectivity index (χ4v) is 5.83. The molecule has 3 amide bonds. The van der Waals surface area contributed by atoms with Crippen molar-refractivity contribution in [1.82, 2.24) is 14.9 Å². The molecule has 164 valence electrons. The summed E-state index contributed by atoms with van der Waals surface area (Å²) in [4.78, 5) is 28.8. The van der Waals surface area contributed by atoms with Gasteiger partial charge in [-0.3, -0.25) is 9.69 Å². The fraction of sp³-hybridized carbons (Fsp3) is 0.619. The summed E-state index contributed by atoms with van der Waals surface area (Å²) < 4.78 is 28.1. The van der Waals surface area contributed by atoms with Gasteiger partial charge in [0.15, 0.2) is 0 Å². The number of nitrogens with one attached hydrogen (secondary N) is 2. The van der Waals surface area contributed by atoms with Gasteiger partial charge in [0.25, 0.3) is 0 Å². The number of hydrogen-bond donors (Lipinski definition) is 2. The number of carbonyl (C=O) groups excluding carboxylic acids is 2. The van der Waals surface area contributed by atoms with Crippen molar-refractivity contribution in [3.63, 3.8) is 0 Å². The van der Waals surface area contributed by atoms with Gasteiger partial charge in [0.1, 0.15) is 0 Å². The van der Waals surface area contributed by atoms with Crippen molar-refractivity contribution in [3.8, 4) is 0 Å². The number of rotatable bonds is 5. The molecule has 1 aromatic rings. The van der Waals surface area contributed by atoms with E-state index in [1.807, 2.05) is 4.90 Å². The first-order valence-electron chi connectivity index (χ1n) is 10.9. The summed E-state index contributed by atoms with van der Waals surface area (Å²) in [6, 6.07) is 4.13. The van der Waals surface area contributed by atoms with Crippen LogP contribution in [0.2, 0.25) is 0 Å². The van der Waals surface area contributed by atoms with Crippen LogP contribution >= 0.6 is 0 Å². The van der Waals surface area contributed by atoms with E-state index in [1.54, 1.807) is 24.0 Å². The molecule has 1 atom stereocenters. The Balaban J connectivity index is 1.43. The Morgan fingerprint density at radius 1 is 1.07 bits per heavy atom. The number of urea groups is 1. The van der Waals surface area contributed by atoms with Crippen LogP contribution in [0.25, 0.3) is 0 Å². The summed E-state index contributed by atoms with van der Waals surface area (Å²) in [6.45, 7) is 3.68. The van der Waals surface area contributed by atoms with Gasteiger partial charge in [-0.25, -0.2) is 13.2 Å². The monoisotopic (exact) mass is 434 g/mol. The first-order chi connectivity index (χ1) is 14.3. The molecule has 30 heavy (non-hydrogen) atoms.